The minimum absolute atomic E-state index is 0.167. The standard InChI is InChI=1S/C10H10BrNOS/c1-8(6-12)7-14(13)10-4-2-9(11)3-5-10/h2-5,8H,7H2,1H3. The van der Waals surface area contributed by atoms with Crippen LogP contribution in [0.5, 0.6) is 0 Å². The van der Waals surface area contributed by atoms with Crippen LogP contribution in [0.15, 0.2) is 33.6 Å². The largest absolute Gasteiger partial charge is 0.254 e. The Labute approximate surface area is 94.5 Å². The first kappa shape index (κ1) is 11.4. The fourth-order valence-electron chi connectivity index (χ4n) is 0.947. The van der Waals surface area contributed by atoms with E-state index in [-0.39, 0.29) is 5.92 Å². The van der Waals surface area contributed by atoms with Crippen molar-refractivity contribution in [2.75, 3.05) is 5.75 Å². The third-order valence-corrected chi connectivity index (χ3v) is 3.83. The van der Waals surface area contributed by atoms with Crippen LogP contribution in [0.4, 0.5) is 0 Å². The van der Waals surface area contributed by atoms with Gasteiger partial charge in [-0.15, -0.1) is 0 Å². The third-order valence-electron chi connectivity index (χ3n) is 1.70. The molecule has 0 aliphatic rings. The van der Waals surface area contributed by atoms with Gasteiger partial charge in [-0.25, -0.2) is 0 Å². The molecular weight excluding hydrogens is 262 g/mol. The molecular formula is C10H10BrNOS. The first-order chi connectivity index (χ1) is 6.63. The quantitative estimate of drug-likeness (QED) is 0.848. The number of halogens is 1. The van der Waals surface area contributed by atoms with Crippen LogP contribution in [0.3, 0.4) is 0 Å². The summed E-state index contributed by atoms with van der Waals surface area (Å²) in [5.41, 5.74) is 0. The smallest absolute Gasteiger partial charge is 0.0662 e. The van der Waals surface area contributed by atoms with Gasteiger partial charge in [-0.1, -0.05) is 15.9 Å². The van der Waals surface area contributed by atoms with Crippen molar-refractivity contribution < 1.29 is 4.21 Å². The van der Waals surface area contributed by atoms with Gasteiger partial charge in [-0.3, -0.25) is 4.21 Å². The van der Waals surface area contributed by atoms with E-state index in [1.54, 1.807) is 6.92 Å². The molecule has 0 N–H and O–H groups in total. The molecule has 0 spiro atoms. The maximum Gasteiger partial charge on any atom is 0.0662 e. The monoisotopic (exact) mass is 271 g/mol. The Kier molecular flexibility index (Phi) is 4.30. The average Bonchev–Trinajstić information content (AvgIpc) is 2.18. The van der Waals surface area contributed by atoms with Crippen LogP contribution >= 0.6 is 15.9 Å². The number of hydrogen-bond donors (Lipinski definition) is 0. The van der Waals surface area contributed by atoms with Gasteiger partial charge in [0.2, 0.25) is 0 Å². The minimum atomic E-state index is -1.06. The van der Waals surface area contributed by atoms with Gasteiger partial charge in [-0.05, 0) is 31.2 Å². The van der Waals surface area contributed by atoms with Gasteiger partial charge in [0.25, 0.3) is 0 Å². The zero-order chi connectivity index (χ0) is 10.6. The summed E-state index contributed by atoms with van der Waals surface area (Å²) in [5.74, 6) is 0.234. The second-order valence-corrected chi connectivity index (χ2v) is 5.41. The predicted octanol–water partition coefficient (Wildman–Crippen LogP) is 2.72. The van der Waals surface area contributed by atoms with E-state index in [0.29, 0.717) is 5.75 Å². The lowest BCUT2D eigenvalue weighted by molar-refractivity contribution is 0.676. The number of rotatable bonds is 3. The molecule has 14 heavy (non-hydrogen) atoms. The molecule has 2 nitrogen and oxygen atoms in total. The highest BCUT2D eigenvalue weighted by Crippen LogP contribution is 2.14. The van der Waals surface area contributed by atoms with Gasteiger partial charge in [0.05, 0.1) is 22.8 Å². The third kappa shape index (κ3) is 3.24. The lowest BCUT2D eigenvalue weighted by Crippen LogP contribution is -2.05. The molecule has 74 valence electrons. The van der Waals surface area contributed by atoms with E-state index in [9.17, 15) is 4.21 Å². The number of hydrogen-bond acceptors (Lipinski definition) is 2. The Balaban J connectivity index is 2.71. The Morgan fingerprint density at radius 1 is 1.50 bits per heavy atom. The second-order valence-electron chi connectivity index (χ2n) is 3.00. The molecule has 2 atom stereocenters. The van der Waals surface area contributed by atoms with Crippen molar-refractivity contribution >= 4 is 26.7 Å². The highest BCUT2D eigenvalue weighted by molar-refractivity contribution is 9.10. The number of nitrogens with zero attached hydrogens (tertiary/aromatic N) is 1. The van der Waals surface area contributed by atoms with Crippen LogP contribution in [0, 0.1) is 17.2 Å². The van der Waals surface area contributed by atoms with E-state index in [1.807, 2.05) is 24.3 Å². The Hall–Kier alpha value is -0.660. The topological polar surface area (TPSA) is 40.9 Å². The first-order valence-corrected chi connectivity index (χ1v) is 6.28. The van der Waals surface area contributed by atoms with Crippen molar-refractivity contribution in [3.05, 3.63) is 28.7 Å². The minimum Gasteiger partial charge on any atom is -0.254 e. The molecule has 1 aromatic carbocycles. The van der Waals surface area contributed by atoms with Crippen LogP contribution in [-0.2, 0) is 10.8 Å². The summed E-state index contributed by atoms with van der Waals surface area (Å²) in [6, 6.07) is 9.40. The van der Waals surface area contributed by atoms with Crippen molar-refractivity contribution in [3.8, 4) is 6.07 Å². The van der Waals surface area contributed by atoms with E-state index in [2.05, 4.69) is 22.0 Å². The maximum atomic E-state index is 11.7. The molecule has 0 bridgehead atoms. The summed E-state index contributed by atoms with van der Waals surface area (Å²) >= 11 is 3.31. The van der Waals surface area contributed by atoms with Crippen LogP contribution in [-0.4, -0.2) is 9.96 Å². The van der Waals surface area contributed by atoms with E-state index in [4.69, 9.17) is 5.26 Å². The van der Waals surface area contributed by atoms with Gasteiger partial charge in [0, 0.05) is 15.1 Å². The zero-order valence-electron chi connectivity index (χ0n) is 7.74. The second kappa shape index (κ2) is 5.28. The van der Waals surface area contributed by atoms with Crippen LogP contribution in [0.25, 0.3) is 0 Å². The molecule has 0 heterocycles. The van der Waals surface area contributed by atoms with Crippen LogP contribution in [0.1, 0.15) is 6.92 Å². The van der Waals surface area contributed by atoms with Crippen molar-refractivity contribution in [2.45, 2.75) is 11.8 Å². The SMILES string of the molecule is CC(C#N)CS(=O)c1ccc(Br)cc1. The molecule has 1 aromatic rings. The van der Waals surface area contributed by atoms with Gasteiger partial charge >= 0.3 is 0 Å². The van der Waals surface area contributed by atoms with E-state index < -0.39 is 10.8 Å². The summed E-state index contributed by atoms with van der Waals surface area (Å²) in [6.45, 7) is 1.77. The molecule has 0 radical (unpaired) electrons. The normalized spacial score (nSPS) is 14.4. The van der Waals surface area contributed by atoms with Crippen molar-refractivity contribution in [1.82, 2.24) is 0 Å². The molecule has 0 aliphatic carbocycles. The highest BCUT2D eigenvalue weighted by atomic mass is 79.9. The number of nitriles is 1. The van der Waals surface area contributed by atoms with Crippen molar-refractivity contribution in [2.24, 2.45) is 5.92 Å². The Bertz CT molecular complexity index is 369. The number of benzene rings is 1. The summed E-state index contributed by atoms with van der Waals surface area (Å²) < 4.78 is 12.6. The average molecular weight is 272 g/mol. The highest BCUT2D eigenvalue weighted by Gasteiger charge is 2.08. The molecule has 0 fully saturated rings. The maximum absolute atomic E-state index is 11.7. The predicted molar refractivity (Wildman–Crippen MR) is 60.2 cm³/mol. The fraction of sp³-hybridized carbons (Fsp3) is 0.300. The van der Waals surface area contributed by atoms with E-state index in [0.717, 1.165) is 9.37 Å². The Morgan fingerprint density at radius 2 is 2.07 bits per heavy atom. The Morgan fingerprint density at radius 3 is 2.57 bits per heavy atom. The van der Waals surface area contributed by atoms with Crippen molar-refractivity contribution in [1.29, 1.82) is 5.26 Å². The first-order valence-electron chi connectivity index (χ1n) is 4.17. The molecule has 4 heteroatoms. The van der Waals surface area contributed by atoms with E-state index in [1.165, 1.54) is 0 Å². The summed E-state index contributed by atoms with van der Waals surface area (Å²) in [7, 11) is -1.06. The molecule has 0 saturated carbocycles. The summed E-state index contributed by atoms with van der Waals surface area (Å²) in [5, 5.41) is 8.58. The van der Waals surface area contributed by atoms with Crippen molar-refractivity contribution in [3.63, 3.8) is 0 Å². The van der Waals surface area contributed by atoms with E-state index >= 15 is 0 Å². The molecule has 0 aromatic heterocycles. The van der Waals surface area contributed by atoms with Gasteiger partial charge < -0.3 is 0 Å². The van der Waals surface area contributed by atoms with Gasteiger partial charge in [-0.2, -0.15) is 5.26 Å². The molecule has 0 amide bonds. The molecule has 1 rings (SSSR count). The molecule has 0 saturated heterocycles. The molecule has 2 unspecified atom stereocenters. The fourth-order valence-corrected chi connectivity index (χ4v) is 2.37. The lowest BCUT2D eigenvalue weighted by atomic mass is 10.3. The zero-order valence-corrected chi connectivity index (χ0v) is 10.1. The van der Waals surface area contributed by atoms with Gasteiger partial charge in [0.1, 0.15) is 0 Å². The molecule has 0 aliphatic heterocycles. The lowest BCUT2D eigenvalue weighted by Gasteiger charge is -2.03. The summed E-state index contributed by atoms with van der Waals surface area (Å²) in [4.78, 5) is 0.773. The summed E-state index contributed by atoms with van der Waals surface area (Å²) in [6.07, 6.45) is 0. The van der Waals surface area contributed by atoms with Gasteiger partial charge in [0.15, 0.2) is 0 Å². The van der Waals surface area contributed by atoms with Crippen LogP contribution < -0.4 is 0 Å². The van der Waals surface area contributed by atoms with Crippen LogP contribution in [0.2, 0.25) is 0 Å².